The molecule has 1 aliphatic rings. The van der Waals surface area contributed by atoms with Crippen LogP contribution in [0, 0.1) is 0 Å². The van der Waals surface area contributed by atoms with Gasteiger partial charge in [0.25, 0.3) is 0 Å². The molecular weight excluding hydrogens is 205 g/mol. The van der Waals surface area contributed by atoms with E-state index < -0.39 is 12.7 Å². The number of hydrogen-bond acceptors (Lipinski definition) is 2. The molecule has 5 heteroatoms. The molecule has 0 saturated carbocycles. The highest BCUT2D eigenvalue weighted by molar-refractivity contribution is 4.93. The molecule has 1 saturated heterocycles. The Labute approximate surface area is 89.0 Å². The van der Waals surface area contributed by atoms with Crippen molar-refractivity contribution < 1.29 is 13.2 Å². The van der Waals surface area contributed by atoms with Gasteiger partial charge in [0.15, 0.2) is 0 Å². The summed E-state index contributed by atoms with van der Waals surface area (Å²) in [6, 6.07) is 0.0471. The van der Waals surface area contributed by atoms with E-state index in [2.05, 4.69) is 25.7 Å². The van der Waals surface area contributed by atoms with Gasteiger partial charge in [-0.3, -0.25) is 9.80 Å². The zero-order valence-electron chi connectivity index (χ0n) is 9.73. The maximum Gasteiger partial charge on any atom is 0.401 e. The molecule has 0 aromatic carbocycles. The van der Waals surface area contributed by atoms with Gasteiger partial charge in [0.2, 0.25) is 0 Å². The lowest BCUT2D eigenvalue weighted by atomic mass is 9.97. The van der Waals surface area contributed by atoms with E-state index in [1.54, 1.807) is 0 Å². The van der Waals surface area contributed by atoms with Crippen LogP contribution in [-0.4, -0.2) is 54.2 Å². The number of rotatable bonds is 2. The van der Waals surface area contributed by atoms with Crippen LogP contribution in [0.15, 0.2) is 0 Å². The molecule has 0 N–H and O–H groups in total. The Morgan fingerprint density at radius 1 is 1.20 bits per heavy atom. The second-order valence-corrected chi connectivity index (χ2v) is 5.26. The summed E-state index contributed by atoms with van der Waals surface area (Å²) >= 11 is 0. The minimum atomic E-state index is -4.09. The Kier molecular flexibility index (Phi) is 3.36. The number of alkyl halides is 3. The monoisotopic (exact) mass is 224 g/mol. The average molecular weight is 224 g/mol. The lowest BCUT2D eigenvalue weighted by Crippen LogP contribution is -2.64. The molecule has 0 aliphatic carbocycles. The Bertz CT molecular complexity index is 214. The lowest BCUT2D eigenvalue weighted by Gasteiger charge is -2.50. The predicted molar refractivity (Wildman–Crippen MR) is 53.8 cm³/mol. The van der Waals surface area contributed by atoms with Gasteiger partial charge in [0.1, 0.15) is 0 Å². The molecule has 0 aromatic heterocycles. The van der Waals surface area contributed by atoms with Gasteiger partial charge in [0, 0.05) is 24.7 Å². The third-order valence-electron chi connectivity index (χ3n) is 2.86. The molecule has 0 unspecified atom stereocenters. The largest absolute Gasteiger partial charge is 0.401 e. The molecule has 90 valence electrons. The minimum Gasteiger partial charge on any atom is -0.295 e. The van der Waals surface area contributed by atoms with E-state index in [4.69, 9.17) is 0 Å². The van der Waals surface area contributed by atoms with E-state index >= 15 is 0 Å². The minimum absolute atomic E-state index is 0.0471. The van der Waals surface area contributed by atoms with E-state index in [0.717, 1.165) is 13.1 Å². The van der Waals surface area contributed by atoms with Crippen molar-refractivity contribution in [3.63, 3.8) is 0 Å². The fraction of sp³-hybridized carbons (Fsp3) is 1.00. The summed E-state index contributed by atoms with van der Waals surface area (Å²) < 4.78 is 36.3. The van der Waals surface area contributed by atoms with Gasteiger partial charge in [-0.2, -0.15) is 13.2 Å². The maximum absolute atomic E-state index is 12.1. The second-order valence-electron chi connectivity index (χ2n) is 5.26. The van der Waals surface area contributed by atoms with Crippen LogP contribution in [0.4, 0.5) is 13.2 Å². The number of nitrogens with zero attached hydrogens (tertiary/aromatic N) is 2. The average Bonchev–Trinajstić information content (AvgIpc) is 1.72. The first-order valence-electron chi connectivity index (χ1n) is 5.11. The van der Waals surface area contributed by atoms with Crippen LogP contribution in [-0.2, 0) is 0 Å². The van der Waals surface area contributed by atoms with Crippen molar-refractivity contribution in [3.8, 4) is 0 Å². The fourth-order valence-electron chi connectivity index (χ4n) is 1.69. The SMILES string of the molecule is CN(CC(F)(F)F)C1CN(C(C)(C)C)C1. The second kappa shape index (κ2) is 3.94. The number of likely N-dealkylation sites (tertiary alicyclic amines) is 1. The molecule has 0 bridgehead atoms. The normalized spacial score (nSPS) is 20.8. The maximum atomic E-state index is 12.1. The van der Waals surface area contributed by atoms with Crippen molar-refractivity contribution in [1.82, 2.24) is 9.80 Å². The predicted octanol–water partition coefficient (Wildman–Crippen LogP) is 1.96. The molecule has 15 heavy (non-hydrogen) atoms. The Balaban J connectivity index is 2.33. The summed E-state index contributed by atoms with van der Waals surface area (Å²) in [5.41, 5.74) is 0.0651. The molecule has 0 aromatic rings. The third kappa shape index (κ3) is 3.65. The first-order valence-corrected chi connectivity index (χ1v) is 5.11. The highest BCUT2D eigenvalue weighted by atomic mass is 19.4. The van der Waals surface area contributed by atoms with E-state index in [-0.39, 0.29) is 11.6 Å². The standard InChI is InChI=1S/C10H19F3N2/c1-9(2,3)15-5-8(6-15)14(4)7-10(11,12)13/h8H,5-7H2,1-4H3. The summed E-state index contributed by atoms with van der Waals surface area (Å²) in [6.45, 7) is 6.88. The molecule has 1 fully saturated rings. The quantitative estimate of drug-likeness (QED) is 0.707. The number of halogens is 3. The highest BCUT2D eigenvalue weighted by Crippen LogP contribution is 2.25. The van der Waals surface area contributed by atoms with Crippen molar-refractivity contribution in [2.24, 2.45) is 0 Å². The molecule has 0 amide bonds. The molecule has 0 radical (unpaired) electrons. The topological polar surface area (TPSA) is 6.48 Å². The van der Waals surface area contributed by atoms with Crippen LogP contribution < -0.4 is 0 Å². The van der Waals surface area contributed by atoms with Crippen LogP contribution in [0.1, 0.15) is 20.8 Å². The Morgan fingerprint density at radius 3 is 2.00 bits per heavy atom. The summed E-state index contributed by atoms with van der Waals surface area (Å²) in [5, 5.41) is 0. The van der Waals surface area contributed by atoms with E-state index in [1.165, 1.54) is 11.9 Å². The van der Waals surface area contributed by atoms with Crippen molar-refractivity contribution in [2.45, 2.75) is 38.5 Å². The highest BCUT2D eigenvalue weighted by Gasteiger charge is 2.39. The molecule has 1 heterocycles. The van der Waals surface area contributed by atoms with Crippen LogP contribution in [0.25, 0.3) is 0 Å². The van der Waals surface area contributed by atoms with E-state index in [0.29, 0.717) is 0 Å². The van der Waals surface area contributed by atoms with Gasteiger partial charge in [0.05, 0.1) is 6.54 Å². The first kappa shape index (κ1) is 12.8. The van der Waals surface area contributed by atoms with Gasteiger partial charge < -0.3 is 0 Å². The summed E-state index contributed by atoms with van der Waals surface area (Å²) in [7, 11) is 1.54. The molecular formula is C10H19F3N2. The fourth-order valence-corrected chi connectivity index (χ4v) is 1.69. The lowest BCUT2D eigenvalue weighted by molar-refractivity contribution is -0.156. The van der Waals surface area contributed by atoms with Crippen LogP contribution in [0.3, 0.4) is 0 Å². The van der Waals surface area contributed by atoms with E-state index in [1.807, 2.05) is 0 Å². The summed E-state index contributed by atoms with van der Waals surface area (Å²) in [6.07, 6.45) is -4.09. The van der Waals surface area contributed by atoms with Crippen molar-refractivity contribution in [3.05, 3.63) is 0 Å². The third-order valence-corrected chi connectivity index (χ3v) is 2.86. The van der Waals surface area contributed by atoms with Gasteiger partial charge in [-0.25, -0.2) is 0 Å². The van der Waals surface area contributed by atoms with Gasteiger partial charge in [-0.05, 0) is 27.8 Å². The van der Waals surface area contributed by atoms with Crippen molar-refractivity contribution in [2.75, 3.05) is 26.7 Å². The van der Waals surface area contributed by atoms with Gasteiger partial charge in [-0.15, -0.1) is 0 Å². The van der Waals surface area contributed by atoms with Crippen molar-refractivity contribution in [1.29, 1.82) is 0 Å². The number of hydrogen-bond donors (Lipinski definition) is 0. The number of likely N-dealkylation sites (N-methyl/N-ethyl adjacent to an activating group) is 1. The van der Waals surface area contributed by atoms with Gasteiger partial charge in [-0.1, -0.05) is 0 Å². The molecule has 2 nitrogen and oxygen atoms in total. The first-order chi connectivity index (χ1) is 6.59. The van der Waals surface area contributed by atoms with Crippen molar-refractivity contribution >= 4 is 0 Å². The van der Waals surface area contributed by atoms with Gasteiger partial charge >= 0.3 is 6.18 Å². The smallest absolute Gasteiger partial charge is 0.295 e. The van der Waals surface area contributed by atoms with Crippen LogP contribution >= 0.6 is 0 Å². The summed E-state index contributed by atoms with van der Waals surface area (Å²) in [4.78, 5) is 3.58. The van der Waals surface area contributed by atoms with E-state index in [9.17, 15) is 13.2 Å². The molecule has 0 spiro atoms. The molecule has 0 atom stereocenters. The zero-order chi connectivity index (χ0) is 11.9. The summed E-state index contributed by atoms with van der Waals surface area (Å²) in [5.74, 6) is 0. The van der Waals surface area contributed by atoms with Crippen LogP contribution in [0.2, 0.25) is 0 Å². The molecule has 1 rings (SSSR count). The zero-order valence-corrected chi connectivity index (χ0v) is 9.73. The Morgan fingerprint density at radius 2 is 1.67 bits per heavy atom. The Hall–Kier alpha value is -0.290. The molecule has 1 aliphatic heterocycles. The van der Waals surface area contributed by atoms with Crippen LogP contribution in [0.5, 0.6) is 0 Å².